The van der Waals surface area contributed by atoms with E-state index in [-0.39, 0.29) is 0 Å². The van der Waals surface area contributed by atoms with Gasteiger partial charge in [-0.05, 0) is 55.0 Å². The fourth-order valence-electron chi connectivity index (χ4n) is 3.25. The molecule has 0 amide bonds. The van der Waals surface area contributed by atoms with Crippen molar-refractivity contribution in [3.05, 3.63) is 65.2 Å². The van der Waals surface area contributed by atoms with Gasteiger partial charge in [0.05, 0.1) is 7.11 Å². The molecule has 0 saturated heterocycles. The van der Waals surface area contributed by atoms with Crippen molar-refractivity contribution in [2.75, 3.05) is 7.11 Å². The molecule has 1 unspecified atom stereocenters. The first-order chi connectivity index (χ1) is 10.2. The second kappa shape index (κ2) is 6.31. The van der Waals surface area contributed by atoms with Crippen molar-refractivity contribution >= 4 is 0 Å². The third kappa shape index (κ3) is 3.45. The summed E-state index contributed by atoms with van der Waals surface area (Å²) >= 11 is 0. The molecule has 1 atom stereocenters. The van der Waals surface area contributed by atoms with Crippen molar-refractivity contribution < 1.29 is 4.74 Å². The SMILES string of the molecule is COc1ccc(CC(C)NC2Cc3ccccc3C2)cc1. The Hall–Kier alpha value is -1.80. The molecule has 3 rings (SSSR count). The van der Waals surface area contributed by atoms with Crippen molar-refractivity contribution in [3.63, 3.8) is 0 Å². The highest BCUT2D eigenvalue weighted by Crippen LogP contribution is 2.22. The van der Waals surface area contributed by atoms with E-state index in [1.165, 1.54) is 16.7 Å². The van der Waals surface area contributed by atoms with E-state index in [0.717, 1.165) is 25.0 Å². The summed E-state index contributed by atoms with van der Waals surface area (Å²) in [5.41, 5.74) is 4.37. The van der Waals surface area contributed by atoms with E-state index >= 15 is 0 Å². The monoisotopic (exact) mass is 281 g/mol. The summed E-state index contributed by atoms with van der Waals surface area (Å²) in [5, 5.41) is 3.77. The molecule has 2 heteroatoms. The summed E-state index contributed by atoms with van der Waals surface area (Å²) in [6, 6.07) is 18.2. The Bertz CT molecular complexity index is 566. The highest BCUT2D eigenvalue weighted by Gasteiger charge is 2.21. The van der Waals surface area contributed by atoms with Crippen LogP contribution in [0, 0.1) is 0 Å². The van der Waals surface area contributed by atoms with Crippen LogP contribution < -0.4 is 10.1 Å². The fraction of sp³-hybridized carbons (Fsp3) is 0.368. The van der Waals surface area contributed by atoms with Gasteiger partial charge in [0.1, 0.15) is 5.75 Å². The number of benzene rings is 2. The molecule has 2 aromatic carbocycles. The quantitative estimate of drug-likeness (QED) is 0.907. The van der Waals surface area contributed by atoms with E-state index in [9.17, 15) is 0 Å². The Morgan fingerprint density at radius 3 is 2.24 bits per heavy atom. The summed E-state index contributed by atoms with van der Waals surface area (Å²) < 4.78 is 5.20. The van der Waals surface area contributed by atoms with Crippen LogP contribution in [0.25, 0.3) is 0 Å². The zero-order valence-corrected chi connectivity index (χ0v) is 12.8. The molecule has 1 N–H and O–H groups in total. The van der Waals surface area contributed by atoms with Crippen LogP contribution in [0.1, 0.15) is 23.6 Å². The molecule has 2 aromatic rings. The summed E-state index contributed by atoms with van der Waals surface area (Å²) in [6.07, 6.45) is 3.36. The molecule has 0 fully saturated rings. The van der Waals surface area contributed by atoms with E-state index in [0.29, 0.717) is 12.1 Å². The minimum atomic E-state index is 0.484. The van der Waals surface area contributed by atoms with Crippen molar-refractivity contribution in [3.8, 4) is 5.75 Å². The maximum Gasteiger partial charge on any atom is 0.118 e. The molecule has 0 saturated carbocycles. The van der Waals surface area contributed by atoms with Crippen molar-refractivity contribution in [2.24, 2.45) is 0 Å². The lowest BCUT2D eigenvalue weighted by Gasteiger charge is -2.19. The topological polar surface area (TPSA) is 21.3 Å². The summed E-state index contributed by atoms with van der Waals surface area (Å²) in [6.45, 7) is 2.27. The first-order valence-electron chi connectivity index (χ1n) is 7.70. The largest absolute Gasteiger partial charge is 0.497 e. The number of nitrogens with one attached hydrogen (secondary N) is 1. The maximum atomic E-state index is 5.20. The lowest BCUT2D eigenvalue weighted by Crippen LogP contribution is -2.38. The van der Waals surface area contributed by atoms with Gasteiger partial charge in [-0.3, -0.25) is 0 Å². The fourth-order valence-corrected chi connectivity index (χ4v) is 3.25. The van der Waals surface area contributed by atoms with Crippen LogP contribution in [0.3, 0.4) is 0 Å². The van der Waals surface area contributed by atoms with E-state index in [1.807, 2.05) is 12.1 Å². The molecule has 0 bridgehead atoms. The molecule has 1 aliphatic carbocycles. The maximum absolute atomic E-state index is 5.20. The molecule has 2 nitrogen and oxygen atoms in total. The van der Waals surface area contributed by atoms with Gasteiger partial charge in [0.15, 0.2) is 0 Å². The Kier molecular flexibility index (Phi) is 4.26. The second-order valence-corrected chi connectivity index (χ2v) is 5.99. The number of hydrogen-bond acceptors (Lipinski definition) is 2. The van der Waals surface area contributed by atoms with Crippen LogP contribution >= 0.6 is 0 Å². The predicted molar refractivity (Wildman–Crippen MR) is 86.9 cm³/mol. The highest BCUT2D eigenvalue weighted by atomic mass is 16.5. The van der Waals surface area contributed by atoms with E-state index in [2.05, 4.69) is 48.6 Å². The molecule has 0 heterocycles. The van der Waals surface area contributed by atoms with Crippen molar-refractivity contribution in [2.45, 2.75) is 38.3 Å². The molecule has 0 spiro atoms. The first-order valence-corrected chi connectivity index (χ1v) is 7.70. The van der Waals surface area contributed by atoms with Gasteiger partial charge >= 0.3 is 0 Å². The molecule has 0 radical (unpaired) electrons. The number of fused-ring (bicyclic) bond motifs is 1. The third-order valence-electron chi connectivity index (χ3n) is 4.27. The van der Waals surface area contributed by atoms with Crippen LogP contribution in [0.15, 0.2) is 48.5 Å². The van der Waals surface area contributed by atoms with E-state index in [1.54, 1.807) is 7.11 Å². The first kappa shape index (κ1) is 14.2. The van der Waals surface area contributed by atoms with Gasteiger partial charge in [-0.2, -0.15) is 0 Å². The number of rotatable bonds is 5. The normalized spacial score (nSPS) is 15.7. The molecule has 110 valence electrons. The molecular weight excluding hydrogens is 258 g/mol. The minimum absolute atomic E-state index is 0.484. The smallest absolute Gasteiger partial charge is 0.118 e. The van der Waals surface area contributed by atoms with Gasteiger partial charge < -0.3 is 10.1 Å². The van der Waals surface area contributed by atoms with Gasteiger partial charge in [-0.15, -0.1) is 0 Å². The lowest BCUT2D eigenvalue weighted by atomic mass is 10.1. The van der Waals surface area contributed by atoms with Crippen LogP contribution in [0.4, 0.5) is 0 Å². The Balaban J connectivity index is 1.54. The summed E-state index contributed by atoms with van der Waals surface area (Å²) in [7, 11) is 1.71. The van der Waals surface area contributed by atoms with Gasteiger partial charge in [-0.1, -0.05) is 36.4 Å². The van der Waals surface area contributed by atoms with E-state index < -0.39 is 0 Å². The van der Waals surface area contributed by atoms with Crippen LogP contribution in [-0.2, 0) is 19.3 Å². The van der Waals surface area contributed by atoms with Gasteiger partial charge in [0.25, 0.3) is 0 Å². The zero-order chi connectivity index (χ0) is 14.7. The molecule has 21 heavy (non-hydrogen) atoms. The third-order valence-corrected chi connectivity index (χ3v) is 4.27. The Labute approximate surface area is 127 Å². The predicted octanol–water partition coefficient (Wildman–Crippen LogP) is 3.38. The lowest BCUT2D eigenvalue weighted by molar-refractivity contribution is 0.414. The Morgan fingerprint density at radius 1 is 1.05 bits per heavy atom. The molecule has 0 aromatic heterocycles. The van der Waals surface area contributed by atoms with Crippen molar-refractivity contribution in [1.29, 1.82) is 0 Å². The Morgan fingerprint density at radius 2 is 1.67 bits per heavy atom. The zero-order valence-electron chi connectivity index (χ0n) is 12.8. The second-order valence-electron chi connectivity index (χ2n) is 5.99. The number of hydrogen-bond donors (Lipinski definition) is 1. The van der Waals surface area contributed by atoms with Gasteiger partial charge in [-0.25, -0.2) is 0 Å². The van der Waals surface area contributed by atoms with Gasteiger partial charge in [0.2, 0.25) is 0 Å². The number of methoxy groups -OCH3 is 1. The molecular formula is C19H23NO. The molecule has 0 aliphatic heterocycles. The summed E-state index contributed by atoms with van der Waals surface area (Å²) in [4.78, 5) is 0. The average molecular weight is 281 g/mol. The summed E-state index contributed by atoms with van der Waals surface area (Å²) in [5.74, 6) is 0.922. The van der Waals surface area contributed by atoms with Crippen LogP contribution in [-0.4, -0.2) is 19.2 Å². The highest BCUT2D eigenvalue weighted by molar-refractivity contribution is 5.33. The van der Waals surface area contributed by atoms with Crippen LogP contribution in [0.5, 0.6) is 5.75 Å². The molecule has 1 aliphatic rings. The van der Waals surface area contributed by atoms with Crippen LogP contribution in [0.2, 0.25) is 0 Å². The van der Waals surface area contributed by atoms with Gasteiger partial charge in [0, 0.05) is 12.1 Å². The minimum Gasteiger partial charge on any atom is -0.497 e. The number of ether oxygens (including phenoxy) is 1. The standard InChI is InChI=1S/C19H23NO/c1-14(11-15-7-9-19(21-2)10-8-15)20-18-12-16-5-3-4-6-17(16)13-18/h3-10,14,18,20H,11-13H2,1-2H3. The average Bonchev–Trinajstić information content (AvgIpc) is 2.90. The van der Waals surface area contributed by atoms with E-state index in [4.69, 9.17) is 4.74 Å². The van der Waals surface area contributed by atoms with Crippen molar-refractivity contribution in [1.82, 2.24) is 5.32 Å².